The summed E-state index contributed by atoms with van der Waals surface area (Å²) in [6.45, 7) is 0. The maximum atomic E-state index is 11.0. The molecule has 0 aliphatic heterocycles. The smallest absolute Gasteiger partial charge is 0.425 e. The van der Waals surface area contributed by atoms with Gasteiger partial charge in [0.1, 0.15) is 11.5 Å². The second-order valence-electron chi connectivity index (χ2n) is 2.67. The first kappa shape index (κ1) is 16.4. The molecule has 1 N–H and O–H groups in total. The third-order valence-electron chi connectivity index (χ3n) is 1.64. The highest BCUT2D eigenvalue weighted by molar-refractivity contribution is 7.86. The van der Waals surface area contributed by atoms with Crippen LogP contribution in [0.5, 0.6) is 11.5 Å². The lowest BCUT2D eigenvalue weighted by molar-refractivity contribution is 0.367. The summed E-state index contributed by atoms with van der Waals surface area (Å²) in [7, 11) is -4.83. The van der Waals surface area contributed by atoms with Crippen molar-refractivity contribution in [3.63, 3.8) is 0 Å². The summed E-state index contributed by atoms with van der Waals surface area (Å²) in [5.74, 6) is 0.0960. The molecule has 0 radical (unpaired) electrons. The maximum Gasteiger partial charge on any atom is 0.425 e. The van der Waals surface area contributed by atoms with Gasteiger partial charge in [-0.15, -0.1) is 12.6 Å². The molecule has 1 aromatic carbocycles. The number of hydrogen-bond acceptors (Lipinski definition) is 7. The third-order valence-corrected chi connectivity index (χ3v) is 2.56. The number of benzene rings is 1. The van der Waals surface area contributed by atoms with E-state index in [9.17, 15) is 8.42 Å². The number of rotatable bonds is 3. The molecule has 18 heavy (non-hydrogen) atoms. The molecular weight excluding hydrogens is 288 g/mol. The van der Waals surface area contributed by atoms with Gasteiger partial charge >= 0.3 is 20.7 Å². The Balaban J connectivity index is 0.000000631. The molecule has 8 nitrogen and oxygen atoms in total. The molecule has 102 valence electrons. The first-order chi connectivity index (χ1) is 8.23. The highest BCUT2D eigenvalue weighted by Crippen LogP contribution is 2.32. The Morgan fingerprint density at radius 3 is 1.61 bits per heavy atom. The molecule has 0 saturated heterocycles. The van der Waals surface area contributed by atoms with Gasteiger partial charge < -0.3 is 9.47 Å². The van der Waals surface area contributed by atoms with Crippen LogP contribution < -0.4 is 9.47 Å². The molecule has 1 rings (SSSR count). The Morgan fingerprint density at radius 1 is 1.06 bits per heavy atom. The van der Waals surface area contributed by atoms with Crippen molar-refractivity contribution in [1.29, 1.82) is 0 Å². The second kappa shape index (κ2) is 6.93. The molecule has 0 saturated carbocycles. The maximum absolute atomic E-state index is 11.0. The van der Waals surface area contributed by atoms with Crippen LogP contribution in [0.25, 0.3) is 0 Å². The van der Waals surface area contributed by atoms with Gasteiger partial charge in [0.15, 0.2) is 4.90 Å². The Bertz CT molecular complexity index is 572. The van der Waals surface area contributed by atoms with Crippen molar-refractivity contribution in [2.24, 2.45) is 0 Å². The molecule has 0 bridgehead atoms. The van der Waals surface area contributed by atoms with Gasteiger partial charge in [0, 0.05) is 0 Å². The van der Waals surface area contributed by atoms with Gasteiger partial charge in [-0.3, -0.25) is 4.55 Å². The summed E-state index contributed by atoms with van der Waals surface area (Å²) in [6.07, 6.45) is 0. The van der Waals surface area contributed by atoms with Gasteiger partial charge in [-0.25, -0.2) is 0 Å². The van der Waals surface area contributed by atoms with Crippen LogP contribution >= 0.6 is 0 Å². The fourth-order valence-electron chi connectivity index (χ4n) is 1.07. The van der Waals surface area contributed by atoms with Crippen molar-refractivity contribution in [3.8, 4) is 11.5 Å². The quantitative estimate of drug-likeness (QED) is 0.770. The van der Waals surface area contributed by atoms with Gasteiger partial charge in [0.25, 0.3) is 0 Å². The summed E-state index contributed by atoms with van der Waals surface area (Å²) in [5.41, 5.74) is 0. The molecule has 1 aromatic rings. The van der Waals surface area contributed by atoms with Gasteiger partial charge in [0.05, 0.1) is 14.2 Å². The third kappa shape index (κ3) is 5.12. The standard InChI is InChI=1S/C8H10O5S.O3S/c1-12-6-4-3-5-7(13-2)8(6)14(9,10)11;1-4(2)3/h3-5H,1-2H3,(H,9,10,11);. The van der Waals surface area contributed by atoms with Crippen LogP contribution in [0.4, 0.5) is 0 Å². The first-order valence-corrected chi connectivity index (χ1v) is 6.63. The molecule has 0 amide bonds. The van der Waals surface area contributed by atoms with Gasteiger partial charge in [-0.2, -0.15) is 8.42 Å². The normalized spacial score (nSPS) is 9.94. The Labute approximate surface area is 105 Å². The minimum absolute atomic E-state index is 0.0480. The minimum Gasteiger partial charge on any atom is -0.495 e. The highest BCUT2D eigenvalue weighted by atomic mass is 32.2. The van der Waals surface area contributed by atoms with E-state index in [0.29, 0.717) is 0 Å². The number of hydrogen-bond donors (Lipinski definition) is 1. The molecule has 0 fully saturated rings. The predicted octanol–water partition coefficient (Wildman–Crippen LogP) is -0.0536. The van der Waals surface area contributed by atoms with Crippen molar-refractivity contribution in [2.75, 3.05) is 14.2 Å². The molecule has 0 unspecified atom stereocenters. The van der Waals surface area contributed by atoms with Crippen molar-refractivity contribution in [1.82, 2.24) is 0 Å². The lowest BCUT2D eigenvalue weighted by Gasteiger charge is -2.09. The lowest BCUT2D eigenvalue weighted by Crippen LogP contribution is -2.04. The Morgan fingerprint density at radius 2 is 1.39 bits per heavy atom. The molecular formula is C8H10O8S2. The van der Waals surface area contributed by atoms with Gasteiger partial charge in [-0.05, 0) is 12.1 Å². The molecule has 0 heterocycles. The monoisotopic (exact) mass is 298 g/mol. The number of methoxy groups -OCH3 is 2. The molecule has 0 aliphatic rings. The van der Waals surface area contributed by atoms with E-state index in [2.05, 4.69) is 0 Å². The summed E-state index contributed by atoms with van der Waals surface area (Å²) < 4.78 is 65.8. The van der Waals surface area contributed by atoms with Crippen molar-refractivity contribution >= 4 is 20.7 Å². The van der Waals surface area contributed by atoms with Crippen molar-refractivity contribution < 1.29 is 35.1 Å². The van der Waals surface area contributed by atoms with Crippen LogP contribution in [0.15, 0.2) is 23.1 Å². The van der Waals surface area contributed by atoms with Crippen LogP contribution in [0, 0.1) is 0 Å². The van der Waals surface area contributed by atoms with Crippen LogP contribution in [0.1, 0.15) is 0 Å². The van der Waals surface area contributed by atoms with Crippen molar-refractivity contribution in [3.05, 3.63) is 18.2 Å². The largest absolute Gasteiger partial charge is 0.495 e. The average molecular weight is 298 g/mol. The van der Waals surface area contributed by atoms with E-state index in [1.165, 1.54) is 26.4 Å². The fraction of sp³-hybridized carbons (Fsp3) is 0.250. The summed E-state index contributed by atoms with van der Waals surface area (Å²) >= 11 is 0. The topological polar surface area (TPSA) is 124 Å². The zero-order valence-corrected chi connectivity index (χ0v) is 11.0. The van der Waals surface area contributed by atoms with Gasteiger partial charge in [0.2, 0.25) is 0 Å². The Hall–Kier alpha value is -1.65. The van der Waals surface area contributed by atoms with E-state index in [1.54, 1.807) is 6.07 Å². The van der Waals surface area contributed by atoms with Crippen molar-refractivity contribution in [2.45, 2.75) is 4.90 Å². The minimum atomic E-state index is -4.34. The van der Waals surface area contributed by atoms with E-state index in [0.717, 1.165) is 0 Å². The van der Waals surface area contributed by atoms with Crippen LogP contribution in [-0.2, 0) is 20.7 Å². The summed E-state index contributed by atoms with van der Waals surface area (Å²) in [6, 6.07) is 4.41. The average Bonchev–Trinajstić information content (AvgIpc) is 2.25. The van der Waals surface area contributed by atoms with E-state index in [-0.39, 0.29) is 16.4 Å². The zero-order chi connectivity index (χ0) is 14.3. The van der Waals surface area contributed by atoms with E-state index >= 15 is 0 Å². The summed E-state index contributed by atoms with van der Waals surface area (Å²) in [5, 5.41) is 0. The lowest BCUT2D eigenvalue weighted by atomic mass is 10.3. The number of ether oxygens (including phenoxy) is 2. The zero-order valence-electron chi connectivity index (χ0n) is 9.35. The van der Waals surface area contributed by atoms with Gasteiger partial charge in [-0.1, -0.05) is 6.07 Å². The molecule has 10 heteroatoms. The SMILES string of the molecule is COc1cccc(OC)c1S(=O)(=O)O.O=S(=O)=O. The van der Waals surface area contributed by atoms with Crippen LogP contribution in [0.3, 0.4) is 0 Å². The molecule has 0 aliphatic carbocycles. The Kier molecular flexibility index (Phi) is 6.30. The van der Waals surface area contributed by atoms with E-state index < -0.39 is 20.7 Å². The highest BCUT2D eigenvalue weighted by Gasteiger charge is 2.21. The van der Waals surface area contributed by atoms with E-state index in [1.807, 2.05) is 0 Å². The first-order valence-electron chi connectivity index (χ1n) is 4.19. The second-order valence-corrected chi connectivity index (χ2v) is 4.44. The molecule has 0 spiro atoms. The fourth-order valence-corrected chi connectivity index (χ4v) is 1.88. The van der Waals surface area contributed by atoms with E-state index in [4.69, 9.17) is 26.7 Å². The molecule has 0 aromatic heterocycles. The van der Waals surface area contributed by atoms with Crippen LogP contribution in [-0.4, -0.2) is 39.8 Å². The molecule has 0 atom stereocenters. The predicted molar refractivity (Wildman–Crippen MR) is 59.1 cm³/mol. The van der Waals surface area contributed by atoms with Crippen LogP contribution in [0.2, 0.25) is 0 Å². The summed E-state index contributed by atoms with van der Waals surface area (Å²) in [4.78, 5) is -0.356.